The molecule has 1 aliphatic heterocycles. The number of hydrogen-bond acceptors (Lipinski definition) is 10. The maximum absolute atomic E-state index is 12.4. The lowest BCUT2D eigenvalue weighted by atomic mass is 9.95. The zero-order chi connectivity index (χ0) is 26.7. The number of nitrogens with one attached hydrogen (secondary N) is 2. The standard InChI is InChI=1S/C25H17N5O8/c31-19(32)12-25(22(33)29-24(35)30-23(25)34)38-17-8-6-16(7-9-17)37-15-4-2-14(3-5-15)21-28-18(13-36-21)20-26-10-1-11-27-20/h1-11,13H,12H2,(H,31,32)(H2,29,30,33,34,35). The van der Waals surface area contributed by atoms with Gasteiger partial charge in [-0.2, -0.15) is 0 Å². The summed E-state index contributed by atoms with van der Waals surface area (Å²) in [5, 5.41) is 12.9. The number of carboxylic acid groups (broad SMARTS) is 1. The predicted octanol–water partition coefficient (Wildman–Crippen LogP) is 2.55. The normalized spacial score (nSPS) is 14.4. The molecule has 4 amide bonds. The van der Waals surface area contributed by atoms with Gasteiger partial charge in [-0.3, -0.25) is 25.0 Å². The number of oxazole rings is 1. The van der Waals surface area contributed by atoms with Gasteiger partial charge in [0.2, 0.25) is 5.89 Å². The largest absolute Gasteiger partial charge is 0.481 e. The number of urea groups is 1. The molecule has 0 aliphatic carbocycles. The summed E-state index contributed by atoms with van der Waals surface area (Å²) in [6.45, 7) is 0. The predicted molar refractivity (Wildman–Crippen MR) is 127 cm³/mol. The van der Waals surface area contributed by atoms with Gasteiger partial charge in [0.05, 0.1) is 0 Å². The Hall–Kier alpha value is -5.59. The lowest BCUT2D eigenvalue weighted by molar-refractivity contribution is -0.159. The number of amides is 4. The Kier molecular flexibility index (Phi) is 6.23. The van der Waals surface area contributed by atoms with E-state index in [1.807, 2.05) is 10.6 Å². The van der Waals surface area contributed by atoms with Crippen LogP contribution in [0.5, 0.6) is 17.2 Å². The molecule has 0 atom stereocenters. The van der Waals surface area contributed by atoms with Gasteiger partial charge in [0.15, 0.2) is 5.82 Å². The minimum Gasteiger partial charge on any atom is -0.481 e. The van der Waals surface area contributed by atoms with E-state index >= 15 is 0 Å². The third kappa shape index (κ3) is 4.88. The van der Waals surface area contributed by atoms with Gasteiger partial charge in [-0.25, -0.2) is 19.7 Å². The molecule has 0 bridgehead atoms. The van der Waals surface area contributed by atoms with Gasteiger partial charge in [-0.1, -0.05) is 0 Å². The molecule has 0 radical (unpaired) electrons. The Labute approximate surface area is 213 Å². The Morgan fingerprint density at radius 1 is 0.895 bits per heavy atom. The van der Waals surface area contributed by atoms with E-state index in [1.54, 1.807) is 42.7 Å². The first-order valence-corrected chi connectivity index (χ1v) is 11.0. The minimum absolute atomic E-state index is 0.00990. The number of imide groups is 2. The van der Waals surface area contributed by atoms with Crippen LogP contribution in [0.15, 0.2) is 77.7 Å². The second-order valence-corrected chi connectivity index (χ2v) is 7.95. The summed E-state index contributed by atoms with van der Waals surface area (Å²) in [7, 11) is 0. The molecule has 38 heavy (non-hydrogen) atoms. The summed E-state index contributed by atoms with van der Waals surface area (Å²) in [5.74, 6) is -2.10. The topological polar surface area (TPSA) is 183 Å². The Morgan fingerprint density at radius 3 is 2.08 bits per heavy atom. The molecule has 1 fully saturated rings. The van der Waals surface area contributed by atoms with E-state index in [9.17, 15) is 24.3 Å². The van der Waals surface area contributed by atoms with Crippen molar-refractivity contribution in [2.24, 2.45) is 0 Å². The number of hydrogen-bond donors (Lipinski definition) is 3. The molecule has 0 spiro atoms. The van der Waals surface area contributed by atoms with Gasteiger partial charge >= 0.3 is 12.0 Å². The fourth-order valence-electron chi connectivity index (χ4n) is 3.56. The maximum Gasteiger partial charge on any atom is 0.328 e. The first-order valence-electron chi connectivity index (χ1n) is 11.0. The molecule has 13 heteroatoms. The van der Waals surface area contributed by atoms with Crippen molar-refractivity contribution < 1.29 is 38.2 Å². The lowest BCUT2D eigenvalue weighted by Gasteiger charge is -2.32. The molecule has 3 N–H and O–H groups in total. The van der Waals surface area contributed by atoms with Crippen LogP contribution >= 0.6 is 0 Å². The van der Waals surface area contributed by atoms with Crippen molar-refractivity contribution in [2.45, 2.75) is 12.0 Å². The van der Waals surface area contributed by atoms with Gasteiger partial charge in [0, 0.05) is 18.0 Å². The smallest absolute Gasteiger partial charge is 0.328 e. The molecule has 0 unspecified atom stereocenters. The zero-order valence-corrected chi connectivity index (χ0v) is 19.3. The van der Waals surface area contributed by atoms with Gasteiger partial charge < -0.3 is 19.0 Å². The van der Waals surface area contributed by atoms with E-state index in [1.165, 1.54) is 30.5 Å². The number of nitrogens with zero attached hydrogens (tertiary/aromatic N) is 3. The molecule has 190 valence electrons. The van der Waals surface area contributed by atoms with Gasteiger partial charge in [-0.15, -0.1) is 0 Å². The van der Waals surface area contributed by atoms with Crippen LogP contribution in [-0.2, 0) is 14.4 Å². The number of carbonyl (C=O) groups is 4. The number of carbonyl (C=O) groups excluding carboxylic acids is 3. The highest BCUT2D eigenvalue weighted by Gasteiger charge is 2.54. The summed E-state index contributed by atoms with van der Waals surface area (Å²) in [6, 6.07) is 13.4. The fourth-order valence-corrected chi connectivity index (χ4v) is 3.56. The van der Waals surface area contributed by atoms with Crippen LogP contribution in [0.4, 0.5) is 4.79 Å². The average Bonchev–Trinajstić information content (AvgIpc) is 3.39. The third-order valence-electron chi connectivity index (χ3n) is 5.34. The minimum atomic E-state index is -2.45. The van der Waals surface area contributed by atoms with Crippen molar-refractivity contribution in [3.8, 4) is 40.2 Å². The van der Waals surface area contributed by atoms with Crippen LogP contribution in [0.1, 0.15) is 6.42 Å². The van der Waals surface area contributed by atoms with E-state index in [2.05, 4.69) is 15.0 Å². The second-order valence-electron chi connectivity index (χ2n) is 7.95. The number of barbiturate groups is 1. The highest BCUT2D eigenvalue weighted by Crippen LogP contribution is 2.30. The van der Waals surface area contributed by atoms with Crippen molar-refractivity contribution in [3.05, 3.63) is 73.3 Å². The third-order valence-corrected chi connectivity index (χ3v) is 5.34. The number of aliphatic carboxylic acids is 1. The summed E-state index contributed by atoms with van der Waals surface area (Å²) in [5.41, 5.74) is -1.25. The van der Waals surface area contributed by atoms with Crippen LogP contribution in [0, 0.1) is 0 Å². The Morgan fingerprint density at radius 2 is 1.47 bits per heavy atom. The summed E-state index contributed by atoms with van der Waals surface area (Å²) in [6.07, 6.45) is 3.70. The Balaban J connectivity index is 1.27. The van der Waals surface area contributed by atoms with Crippen LogP contribution in [0.3, 0.4) is 0 Å². The molecule has 2 aromatic carbocycles. The van der Waals surface area contributed by atoms with Crippen molar-refractivity contribution in [2.75, 3.05) is 0 Å². The molecule has 1 aliphatic rings. The van der Waals surface area contributed by atoms with Crippen molar-refractivity contribution in [1.82, 2.24) is 25.6 Å². The number of rotatable bonds is 8. The summed E-state index contributed by atoms with van der Waals surface area (Å²) >= 11 is 0. The van der Waals surface area contributed by atoms with Gasteiger partial charge in [-0.05, 0) is 54.6 Å². The zero-order valence-electron chi connectivity index (χ0n) is 19.3. The average molecular weight is 515 g/mol. The number of carboxylic acids is 1. The quantitative estimate of drug-likeness (QED) is 0.293. The number of aromatic nitrogens is 3. The molecule has 2 aromatic heterocycles. The molecule has 1 saturated heterocycles. The highest BCUT2D eigenvalue weighted by atomic mass is 16.5. The summed E-state index contributed by atoms with van der Waals surface area (Å²) in [4.78, 5) is 60.1. The molecule has 0 saturated carbocycles. The van der Waals surface area contributed by atoms with Crippen molar-refractivity contribution in [3.63, 3.8) is 0 Å². The Bertz CT molecular complexity index is 1500. The van der Waals surface area contributed by atoms with Crippen LogP contribution < -0.4 is 20.1 Å². The van der Waals surface area contributed by atoms with Crippen LogP contribution in [0.25, 0.3) is 23.0 Å². The summed E-state index contributed by atoms with van der Waals surface area (Å²) < 4.78 is 16.8. The monoisotopic (exact) mass is 515 g/mol. The van der Waals surface area contributed by atoms with E-state index in [-0.39, 0.29) is 5.75 Å². The van der Waals surface area contributed by atoms with E-state index < -0.39 is 35.8 Å². The van der Waals surface area contributed by atoms with E-state index in [0.29, 0.717) is 34.5 Å². The second kappa shape index (κ2) is 9.81. The SMILES string of the molecule is O=C(O)CC1(Oc2ccc(Oc3ccc(-c4nc(-c5ncccn5)co4)cc3)cc2)C(=O)NC(=O)NC1=O. The lowest BCUT2D eigenvalue weighted by Crippen LogP contribution is -2.69. The molecular weight excluding hydrogens is 498 g/mol. The van der Waals surface area contributed by atoms with Gasteiger partial charge in [0.25, 0.3) is 17.4 Å². The van der Waals surface area contributed by atoms with Crippen LogP contribution in [0.2, 0.25) is 0 Å². The van der Waals surface area contributed by atoms with Crippen LogP contribution in [-0.4, -0.2) is 49.5 Å². The van der Waals surface area contributed by atoms with Crippen molar-refractivity contribution in [1.29, 1.82) is 0 Å². The first-order chi connectivity index (χ1) is 18.3. The molecule has 5 rings (SSSR count). The highest BCUT2D eigenvalue weighted by molar-refractivity contribution is 6.23. The maximum atomic E-state index is 12.4. The van der Waals surface area contributed by atoms with Crippen molar-refractivity contribution >= 4 is 23.8 Å². The molecular formula is C25H17N5O8. The van der Waals surface area contributed by atoms with E-state index in [4.69, 9.17) is 13.9 Å². The van der Waals surface area contributed by atoms with Gasteiger partial charge in [0.1, 0.15) is 35.6 Å². The number of benzene rings is 2. The first kappa shape index (κ1) is 24.1. The molecule has 4 aromatic rings. The number of ether oxygens (including phenoxy) is 2. The van der Waals surface area contributed by atoms with E-state index in [0.717, 1.165) is 0 Å². The molecule has 13 nitrogen and oxygen atoms in total. The fraction of sp³-hybridized carbons (Fsp3) is 0.0800. The molecule has 3 heterocycles.